The molecule has 1 aliphatic heterocycles. The predicted octanol–water partition coefficient (Wildman–Crippen LogP) is 5.49. The average molecular weight is 446 g/mol. The Morgan fingerprint density at radius 2 is 1.81 bits per heavy atom. The van der Waals surface area contributed by atoms with Gasteiger partial charge in [0.1, 0.15) is 5.76 Å². The lowest BCUT2D eigenvalue weighted by molar-refractivity contribution is 0.0986. The zero-order valence-corrected chi connectivity index (χ0v) is 18.1. The molecule has 1 N–H and O–H groups in total. The molecular weight excluding hydrogens is 426 g/mol. The van der Waals surface area contributed by atoms with Crippen LogP contribution in [0.15, 0.2) is 77.5 Å². The molecule has 32 heavy (non-hydrogen) atoms. The van der Waals surface area contributed by atoms with E-state index in [1.54, 1.807) is 36.1 Å². The molecule has 0 atom stereocenters. The molecule has 0 saturated carbocycles. The molecule has 0 unspecified atom stereocenters. The molecule has 0 radical (unpaired) electrons. The summed E-state index contributed by atoms with van der Waals surface area (Å²) < 4.78 is 7.29. The van der Waals surface area contributed by atoms with Crippen molar-refractivity contribution in [2.24, 2.45) is 0 Å². The van der Waals surface area contributed by atoms with Gasteiger partial charge >= 0.3 is 0 Å². The smallest absolute Gasteiger partial charge is 0.259 e. The van der Waals surface area contributed by atoms with Crippen molar-refractivity contribution in [3.63, 3.8) is 0 Å². The summed E-state index contributed by atoms with van der Waals surface area (Å²) in [5, 5.41) is 3.07. The third-order valence-corrected chi connectivity index (χ3v) is 5.98. The van der Waals surface area contributed by atoms with Crippen LogP contribution in [0.5, 0.6) is 0 Å². The Balaban J connectivity index is 1.43. The highest BCUT2D eigenvalue weighted by molar-refractivity contribution is 6.35. The van der Waals surface area contributed by atoms with Gasteiger partial charge in [0.2, 0.25) is 0 Å². The van der Waals surface area contributed by atoms with Gasteiger partial charge in [-0.3, -0.25) is 9.59 Å². The van der Waals surface area contributed by atoms with Crippen LogP contribution in [0.1, 0.15) is 32.2 Å². The number of halogens is 1. The number of carbonyl (C=O) groups excluding carboxylic acids is 2. The molecule has 2 amide bonds. The van der Waals surface area contributed by atoms with Crippen LogP contribution >= 0.6 is 11.6 Å². The number of benzene rings is 2. The van der Waals surface area contributed by atoms with E-state index in [4.69, 9.17) is 16.0 Å². The summed E-state index contributed by atoms with van der Waals surface area (Å²) >= 11 is 6.50. The lowest BCUT2D eigenvalue weighted by Gasteiger charge is -2.23. The van der Waals surface area contributed by atoms with Crippen molar-refractivity contribution in [2.75, 3.05) is 16.8 Å². The topological polar surface area (TPSA) is 67.5 Å². The van der Waals surface area contributed by atoms with E-state index >= 15 is 0 Å². The van der Waals surface area contributed by atoms with Crippen LogP contribution in [0.3, 0.4) is 0 Å². The van der Waals surface area contributed by atoms with Gasteiger partial charge in [0, 0.05) is 30.5 Å². The molecule has 6 nitrogen and oxygen atoms in total. The van der Waals surface area contributed by atoms with Gasteiger partial charge in [0.15, 0.2) is 0 Å². The van der Waals surface area contributed by atoms with Crippen LogP contribution in [-0.4, -0.2) is 22.9 Å². The number of furan rings is 1. The second-order valence-corrected chi connectivity index (χ2v) is 8.01. The first kappa shape index (κ1) is 20.2. The first-order valence-electron chi connectivity index (χ1n) is 10.3. The second-order valence-electron chi connectivity index (χ2n) is 7.60. The molecule has 2 aromatic carbocycles. The number of amides is 2. The van der Waals surface area contributed by atoms with Crippen LogP contribution in [-0.2, 0) is 6.42 Å². The summed E-state index contributed by atoms with van der Waals surface area (Å²) in [4.78, 5) is 27.7. The van der Waals surface area contributed by atoms with Gasteiger partial charge in [-0.25, -0.2) is 0 Å². The first-order chi connectivity index (χ1) is 15.5. The zero-order valence-electron chi connectivity index (χ0n) is 17.3. The number of carbonyl (C=O) groups is 2. The van der Waals surface area contributed by atoms with Crippen LogP contribution in [0, 0.1) is 6.92 Å². The maximum atomic E-state index is 13.5. The summed E-state index contributed by atoms with van der Waals surface area (Å²) in [5.74, 6) is 0.0530. The molecule has 1 aliphatic rings. The Morgan fingerprint density at radius 3 is 2.56 bits per heavy atom. The molecule has 160 valence electrons. The number of para-hydroxylation sites is 2. The molecule has 0 aliphatic carbocycles. The summed E-state index contributed by atoms with van der Waals surface area (Å²) in [6, 6.07) is 18.4. The number of aryl methyl sites for hydroxylation is 1. The van der Waals surface area contributed by atoms with Crippen molar-refractivity contribution in [1.82, 2.24) is 4.57 Å². The molecule has 7 heteroatoms. The number of nitrogens with zero attached hydrogens (tertiary/aromatic N) is 2. The Kier molecular flexibility index (Phi) is 5.07. The number of aromatic nitrogens is 1. The highest BCUT2D eigenvalue weighted by Crippen LogP contribution is 2.32. The van der Waals surface area contributed by atoms with Gasteiger partial charge in [0.05, 0.1) is 33.8 Å². The van der Waals surface area contributed by atoms with E-state index in [0.29, 0.717) is 29.1 Å². The molecule has 5 rings (SSSR count). The molecule has 4 aromatic rings. The van der Waals surface area contributed by atoms with Gasteiger partial charge in [-0.05, 0) is 55.5 Å². The van der Waals surface area contributed by atoms with Crippen molar-refractivity contribution in [3.05, 3.63) is 101 Å². The van der Waals surface area contributed by atoms with Crippen LogP contribution in [0.2, 0.25) is 5.02 Å². The maximum Gasteiger partial charge on any atom is 0.259 e. The quantitative estimate of drug-likeness (QED) is 0.453. The van der Waals surface area contributed by atoms with Crippen LogP contribution in [0.4, 0.5) is 11.4 Å². The SMILES string of the molecule is Cc1occc1C(=O)Nc1ccc(C(=O)N2CCc3cccn3-c3ccccc32)c(Cl)c1. The summed E-state index contributed by atoms with van der Waals surface area (Å²) in [6.45, 7) is 2.26. The number of nitrogens with one attached hydrogen (secondary N) is 1. The van der Waals surface area contributed by atoms with Crippen molar-refractivity contribution < 1.29 is 14.0 Å². The normalized spacial score (nSPS) is 12.6. The van der Waals surface area contributed by atoms with Gasteiger partial charge < -0.3 is 19.2 Å². The Bertz CT molecular complexity index is 1340. The van der Waals surface area contributed by atoms with E-state index in [9.17, 15) is 9.59 Å². The Hall–Kier alpha value is -3.77. The van der Waals surface area contributed by atoms with Crippen LogP contribution < -0.4 is 10.2 Å². The minimum absolute atomic E-state index is 0.184. The molecule has 0 bridgehead atoms. The van der Waals surface area contributed by atoms with E-state index in [2.05, 4.69) is 16.0 Å². The number of hydrogen-bond donors (Lipinski definition) is 1. The number of fused-ring (bicyclic) bond motifs is 3. The minimum atomic E-state index is -0.297. The summed E-state index contributed by atoms with van der Waals surface area (Å²) in [6.07, 6.45) is 4.20. The fraction of sp³-hybridized carbons (Fsp3) is 0.120. The fourth-order valence-electron chi connectivity index (χ4n) is 4.04. The number of hydrogen-bond acceptors (Lipinski definition) is 3. The summed E-state index contributed by atoms with van der Waals surface area (Å²) in [5.41, 5.74) is 4.26. The second kappa shape index (κ2) is 8.05. The lowest BCUT2D eigenvalue weighted by Crippen LogP contribution is -2.32. The number of rotatable bonds is 3. The van der Waals surface area contributed by atoms with Crippen LogP contribution in [0.25, 0.3) is 5.69 Å². The van der Waals surface area contributed by atoms with Gasteiger partial charge in [-0.1, -0.05) is 23.7 Å². The van der Waals surface area contributed by atoms with E-state index in [1.165, 1.54) is 6.26 Å². The molecular formula is C25H20ClN3O3. The fourth-order valence-corrected chi connectivity index (χ4v) is 4.30. The number of anilines is 2. The average Bonchev–Trinajstić information content (AvgIpc) is 3.40. The molecule has 3 heterocycles. The lowest BCUT2D eigenvalue weighted by atomic mass is 10.1. The predicted molar refractivity (Wildman–Crippen MR) is 124 cm³/mol. The monoisotopic (exact) mass is 445 g/mol. The Labute approximate surface area is 190 Å². The Morgan fingerprint density at radius 1 is 1.00 bits per heavy atom. The largest absolute Gasteiger partial charge is 0.469 e. The standard InChI is InChI=1S/C25H20ClN3O3/c1-16-19(11-14-32-16)24(30)27-17-8-9-20(21(26)15-17)25(31)29-13-10-18-5-4-12-28(18)22-6-2-3-7-23(22)29/h2-9,11-12,14-15H,10,13H2,1H3,(H,27,30). The van der Waals surface area contributed by atoms with Crippen molar-refractivity contribution in [1.29, 1.82) is 0 Å². The highest BCUT2D eigenvalue weighted by Gasteiger charge is 2.26. The van der Waals surface area contributed by atoms with Crippen molar-refractivity contribution in [2.45, 2.75) is 13.3 Å². The van der Waals surface area contributed by atoms with E-state index in [0.717, 1.165) is 23.5 Å². The zero-order chi connectivity index (χ0) is 22.2. The molecule has 0 spiro atoms. The first-order valence-corrected chi connectivity index (χ1v) is 10.6. The van der Waals surface area contributed by atoms with E-state index in [-0.39, 0.29) is 16.8 Å². The van der Waals surface area contributed by atoms with Crippen molar-refractivity contribution >= 4 is 34.8 Å². The van der Waals surface area contributed by atoms with Gasteiger partial charge in [-0.2, -0.15) is 0 Å². The minimum Gasteiger partial charge on any atom is -0.469 e. The van der Waals surface area contributed by atoms with Gasteiger partial charge in [-0.15, -0.1) is 0 Å². The van der Waals surface area contributed by atoms with Crippen molar-refractivity contribution in [3.8, 4) is 5.69 Å². The molecule has 0 fully saturated rings. The molecule has 0 saturated heterocycles. The third-order valence-electron chi connectivity index (χ3n) is 5.66. The summed E-state index contributed by atoms with van der Waals surface area (Å²) in [7, 11) is 0. The van der Waals surface area contributed by atoms with Gasteiger partial charge in [0.25, 0.3) is 11.8 Å². The van der Waals surface area contributed by atoms with E-state index in [1.807, 2.05) is 36.5 Å². The third kappa shape index (κ3) is 3.48. The van der Waals surface area contributed by atoms with E-state index < -0.39 is 0 Å². The highest BCUT2D eigenvalue weighted by atomic mass is 35.5. The molecule has 2 aromatic heterocycles. The maximum absolute atomic E-state index is 13.5.